The highest BCUT2D eigenvalue weighted by atomic mass is 32.2. The largest absolute Gasteiger partial charge is 0.340 e. The van der Waals surface area contributed by atoms with E-state index in [1.165, 1.54) is 15.6 Å². The highest BCUT2D eigenvalue weighted by Crippen LogP contribution is 2.28. The van der Waals surface area contributed by atoms with Gasteiger partial charge in [0.15, 0.2) is 0 Å². The Bertz CT molecular complexity index is 644. The van der Waals surface area contributed by atoms with Gasteiger partial charge in [-0.3, -0.25) is 4.79 Å². The van der Waals surface area contributed by atoms with Crippen LogP contribution in [0.1, 0.15) is 23.1 Å². The van der Waals surface area contributed by atoms with E-state index in [1.54, 1.807) is 17.9 Å². The summed E-state index contributed by atoms with van der Waals surface area (Å²) in [4.78, 5) is 15.9. The molecule has 0 radical (unpaired) electrons. The SMILES string of the molecule is Cc1cc(S(=O)(=O)N2CCN(C(=O)CC(C)N)CC2)c(C)s1. The van der Waals surface area contributed by atoms with E-state index in [0.717, 1.165) is 9.75 Å². The number of nitrogens with zero attached hydrogens (tertiary/aromatic N) is 2. The lowest BCUT2D eigenvalue weighted by molar-refractivity contribution is -0.132. The lowest BCUT2D eigenvalue weighted by Gasteiger charge is -2.34. The molecular formula is C14H23N3O3S2. The standard InChI is InChI=1S/C14H23N3O3S2/c1-10(15)8-14(18)16-4-6-17(7-5-16)22(19,20)13-9-11(2)21-12(13)3/h9-10H,4-8,15H2,1-3H3. The molecule has 1 aromatic rings. The minimum absolute atomic E-state index is 0.00499. The monoisotopic (exact) mass is 345 g/mol. The first-order valence-corrected chi connectivity index (χ1v) is 9.58. The third-order valence-corrected chi connectivity index (χ3v) is 6.82. The quantitative estimate of drug-likeness (QED) is 0.880. The Morgan fingerprint density at radius 1 is 1.32 bits per heavy atom. The average molecular weight is 345 g/mol. The van der Waals surface area contributed by atoms with Gasteiger partial charge in [0.25, 0.3) is 0 Å². The van der Waals surface area contributed by atoms with Crippen LogP contribution in [-0.4, -0.2) is 55.8 Å². The number of hydrogen-bond donors (Lipinski definition) is 1. The molecule has 0 saturated carbocycles. The van der Waals surface area contributed by atoms with Crippen molar-refractivity contribution < 1.29 is 13.2 Å². The Morgan fingerprint density at radius 2 is 1.91 bits per heavy atom. The van der Waals surface area contributed by atoms with Gasteiger partial charge in [-0.15, -0.1) is 11.3 Å². The van der Waals surface area contributed by atoms with Crippen LogP contribution in [0.3, 0.4) is 0 Å². The highest BCUT2D eigenvalue weighted by Gasteiger charge is 2.31. The van der Waals surface area contributed by atoms with Crippen molar-refractivity contribution in [2.24, 2.45) is 5.73 Å². The van der Waals surface area contributed by atoms with Crippen LogP contribution in [0.2, 0.25) is 0 Å². The number of carbonyl (C=O) groups excluding carboxylic acids is 1. The second-order valence-corrected chi connectivity index (χ2v) is 9.11. The van der Waals surface area contributed by atoms with Gasteiger partial charge in [-0.2, -0.15) is 4.31 Å². The molecule has 1 unspecified atom stereocenters. The molecule has 2 rings (SSSR count). The summed E-state index contributed by atoms with van der Waals surface area (Å²) in [5.74, 6) is -0.00499. The zero-order valence-corrected chi connectivity index (χ0v) is 14.8. The molecule has 2 N–H and O–H groups in total. The zero-order valence-electron chi connectivity index (χ0n) is 13.2. The maximum Gasteiger partial charge on any atom is 0.244 e. The molecule has 1 amide bonds. The summed E-state index contributed by atoms with van der Waals surface area (Å²) in [6, 6.07) is 1.55. The Balaban J connectivity index is 2.05. The summed E-state index contributed by atoms with van der Waals surface area (Å²) in [7, 11) is -3.46. The first-order valence-electron chi connectivity index (χ1n) is 7.32. The molecule has 6 nitrogen and oxygen atoms in total. The normalized spacial score (nSPS) is 18.5. The van der Waals surface area contributed by atoms with Crippen molar-refractivity contribution in [3.8, 4) is 0 Å². The number of aryl methyl sites for hydroxylation is 2. The van der Waals surface area contributed by atoms with Crippen LogP contribution in [0.4, 0.5) is 0 Å². The highest BCUT2D eigenvalue weighted by molar-refractivity contribution is 7.89. The lowest BCUT2D eigenvalue weighted by atomic mass is 10.2. The van der Waals surface area contributed by atoms with Gasteiger partial charge in [-0.25, -0.2) is 8.42 Å². The fraction of sp³-hybridized carbons (Fsp3) is 0.643. The fourth-order valence-corrected chi connectivity index (χ4v) is 5.53. The van der Waals surface area contributed by atoms with E-state index in [2.05, 4.69) is 0 Å². The molecule has 1 fully saturated rings. The number of rotatable bonds is 4. The molecule has 124 valence electrons. The second kappa shape index (κ2) is 6.66. The maximum absolute atomic E-state index is 12.7. The van der Waals surface area contributed by atoms with E-state index < -0.39 is 10.0 Å². The second-order valence-electron chi connectivity index (χ2n) is 5.74. The van der Waals surface area contributed by atoms with Crippen LogP contribution in [0.5, 0.6) is 0 Å². The van der Waals surface area contributed by atoms with E-state index in [0.29, 0.717) is 37.5 Å². The Hall–Kier alpha value is -0.960. The summed E-state index contributed by atoms with van der Waals surface area (Å²) in [6.07, 6.45) is 0.301. The van der Waals surface area contributed by atoms with Gasteiger partial charge < -0.3 is 10.6 Å². The smallest absolute Gasteiger partial charge is 0.244 e. The van der Waals surface area contributed by atoms with Crippen molar-refractivity contribution in [2.45, 2.75) is 38.1 Å². The van der Waals surface area contributed by atoms with Gasteiger partial charge in [0.1, 0.15) is 0 Å². The molecule has 8 heteroatoms. The molecule has 1 aliphatic heterocycles. The summed E-state index contributed by atoms with van der Waals surface area (Å²) in [6.45, 7) is 7.04. The van der Waals surface area contributed by atoms with Crippen molar-refractivity contribution in [1.29, 1.82) is 0 Å². The molecular weight excluding hydrogens is 322 g/mol. The maximum atomic E-state index is 12.7. The first kappa shape index (κ1) is 17.4. The van der Waals surface area contributed by atoms with Crippen molar-refractivity contribution in [2.75, 3.05) is 26.2 Å². The molecule has 0 aromatic carbocycles. The van der Waals surface area contributed by atoms with Gasteiger partial charge in [-0.05, 0) is 26.8 Å². The number of piperazine rings is 1. The molecule has 1 aromatic heterocycles. The molecule has 0 bridgehead atoms. The summed E-state index contributed by atoms with van der Waals surface area (Å²) in [5.41, 5.74) is 5.64. The van der Waals surface area contributed by atoms with E-state index in [1.807, 2.05) is 13.8 Å². The summed E-state index contributed by atoms with van der Waals surface area (Å²) < 4.78 is 26.8. The Labute approximate surface area is 135 Å². The van der Waals surface area contributed by atoms with Gasteiger partial charge in [0.05, 0.1) is 4.90 Å². The van der Waals surface area contributed by atoms with E-state index >= 15 is 0 Å². The zero-order chi connectivity index (χ0) is 16.5. The van der Waals surface area contributed by atoms with Crippen LogP contribution < -0.4 is 5.73 Å². The van der Waals surface area contributed by atoms with Crippen molar-refractivity contribution in [3.63, 3.8) is 0 Å². The van der Waals surface area contributed by atoms with Crippen molar-refractivity contribution in [1.82, 2.24) is 9.21 Å². The predicted molar refractivity (Wildman–Crippen MR) is 87.4 cm³/mol. The molecule has 0 aliphatic carbocycles. The molecule has 1 atom stereocenters. The number of thiophene rings is 1. The predicted octanol–water partition coefficient (Wildman–Crippen LogP) is 0.935. The number of carbonyl (C=O) groups is 1. The molecule has 22 heavy (non-hydrogen) atoms. The Morgan fingerprint density at radius 3 is 2.36 bits per heavy atom. The third-order valence-electron chi connectivity index (χ3n) is 3.70. The van der Waals surface area contributed by atoms with E-state index in [4.69, 9.17) is 5.73 Å². The van der Waals surface area contributed by atoms with Crippen molar-refractivity contribution in [3.05, 3.63) is 15.8 Å². The molecule has 1 saturated heterocycles. The van der Waals surface area contributed by atoms with E-state index in [9.17, 15) is 13.2 Å². The van der Waals surface area contributed by atoms with Gasteiger partial charge in [0, 0.05) is 48.4 Å². The first-order chi connectivity index (χ1) is 10.2. The van der Waals surface area contributed by atoms with Crippen LogP contribution in [-0.2, 0) is 14.8 Å². The molecule has 1 aliphatic rings. The van der Waals surface area contributed by atoms with Crippen LogP contribution in [0.15, 0.2) is 11.0 Å². The summed E-state index contributed by atoms with van der Waals surface area (Å²) in [5, 5.41) is 0. The number of hydrogen-bond acceptors (Lipinski definition) is 5. The molecule has 0 spiro atoms. The lowest BCUT2D eigenvalue weighted by Crippen LogP contribution is -2.51. The molecule has 2 heterocycles. The minimum atomic E-state index is -3.46. The number of sulfonamides is 1. The summed E-state index contributed by atoms with van der Waals surface area (Å²) >= 11 is 1.49. The minimum Gasteiger partial charge on any atom is -0.340 e. The van der Waals surface area contributed by atoms with Crippen LogP contribution in [0, 0.1) is 13.8 Å². The number of amides is 1. The van der Waals surface area contributed by atoms with E-state index in [-0.39, 0.29) is 11.9 Å². The fourth-order valence-electron chi connectivity index (χ4n) is 2.59. The average Bonchev–Trinajstić information content (AvgIpc) is 2.78. The Kier molecular flexibility index (Phi) is 5.26. The van der Waals surface area contributed by atoms with Crippen LogP contribution in [0.25, 0.3) is 0 Å². The van der Waals surface area contributed by atoms with Crippen LogP contribution >= 0.6 is 11.3 Å². The van der Waals surface area contributed by atoms with Gasteiger partial charge in [-0.1, -0.05) is 0 Å². The number of nitrogens with two attached hydrogens (primary N) is 1. The topological polar surface area (TPSA) is 83.7 Å². The van der Waals surface area contributed by atoms with Crippen molar-refractivity contribution >= 4 is 27.3 Å². The van der Waals surface area contributed by atoms with Gasteiger partial charge in [0.2, 0.25) is 15.9 Å². The third kappa shape index (κ3) is 3.68. The van der Waals surface area contributed by atoms with Gasteiger partial charge >= 0.3 is 0 Å².